The SMILES string of the molecule is CCCC(OC(=O)C(C)(C)[Te]C)OC(=O)C(C)(C)[Te]C. The van der Waals surface area contributed by atoms with Crippen LogP contribution in [0.5, 0.6) is 0 Å². The van der Waals surface area contributed by atoms with Gasteiger partial charge in [-0.15, -0.1) is 0 Å². The molecule has 0 amide bonds. The summed E-state index contributed by atoms with van der Waals surface area (Å²) in [4.78, 5) is 28.4. The first-order valence-electron chi connectivity index (χ1n) is 6.63. The van der Waals surface area contributed by atoms with Gasteiger partial charge >= 0.3 is 143 Å². The van der Waals surface area contributed by atoms with Gasteiger partial charge in [-0.2, -0.15) is 0 Å². The molecule has 6 heteroatoms. The van der Waals surface area contributed by atoms with Crippen molar-refractivity contribution < 1.29 is 19.1 Å². The Balaban J connectivity index is 4.75. The van der Waals surface area contributed by atoms with Crippen LogP contribution in [0.2, 0.25) is 16.9 Å². The van der Waals surface area contributed by atoms with Crippen LogP contribution in [0.3, 0.4) is 0 Å². The van der Waals surface area contributed by atoms with Crippen LogP contribution in [0.1, 0.15) is 47.5 Å². The Hall–Kier alpha value is 0.519. The number of ether oxygens (including phenoxy) is 2. The Morgan fingerprint density at radius 2 is 1.30 bits per heavy atom. The van der Waals surface area contributed by atoms with Crippen LogP contribution in [0.4, 0.5) is 0 Å². The Labute approximate surface area is 142 Å². The normalized spacial score (nSPS) is 12.4. The number of carbonyl (C=O) groups excluding carboxylic acids is 2. The minimum atomic E-state index is -0.739. The summed E-state index contributed by atoms with van der Waals surface area (Å²) >= 11 is -0.904. The van der Waals surface area contributed by atoms with Gasteiger partial charge in [-0.25, -0.2) is 0 Å². The second kappa shape index (κ2) is 8.84. The predicted octanol–water partition coefficient (Wildman–Crippen LogP) is 3.10. The van der Waals surface area contributed by atoms with Gasteiger partial charge in [-0.1, -0.05) is 0 Å². The maximum absolute atomic E-state index is 12.1. The van der Waals surface area contributed by atoms with Gasteiger partial charge in [0.25, 0.3) is 0 Å². The van der Waals surface area contributed by atoms with Crippen LogP contribution in [0.15, 0.2) is 0 Å². The topological polar surface area (TPSA) is 52.6 Å². The van der Waals surface area contributed by atoms with Crippen molar-refractivity contribution >= 4 is 53.8 Å². The Bertz CT molecular complexity index is 310. The molecule has 0 saturated carbocycles. The number of esters is 2. The van der Waals surface area contributed by atoms with Gasteiger partial charge in [0.15, 0.2) is 0 Å². The van der Waals surface area contributed by atoms with Crippen molar-refractivity contribution in [3.63, 3.8) is 0 Å². The third kappa shape index (κ3) is 6.52. The molecule has 20 heavy (non-hydrogen) atoms. The average Bonchev–Trinajstić information content (AvgIpc) is 2.38. The third-order valence-corrected chi connectivity index (χ3v) is 9.78. The van der Waals surface area contributed by atoms with E-state index < -0.39 is 55.1 Å². The van der Waals surface area contributed by atoms with Gasteiger partial charge in [-0.05, 0) is 0 Å². The van der Waals surface area contributed by atoms with E-state index >= 15 is 0 Å². The van der Waals surface area contributed by atoms with E-state index in [0.29, 0.717) is 6.42 Å². The van der Waals surface area contributed by atoms with E-state index in [2.05, 4.69) is 9.94 Å². The molecule has 0 N–H and O–H groups in total. The molecule has 0 spiro atoms. The van der Waals surface area contributed by atoms with E-state index in [9.17, 15) is 9.59 Å². The monoisotopic (exact) mass is 518 g/mol. The first-order chi connectivity index (χ1) is 9.10. The van der Waals surface area contributed by atoms with Crippen LogP contribution >= 0.6 is 0 Å². The zero-order valence-electron chi connectivity index (χ0n) is 13.4. The first-order valence-corrected chi connectivity index (χ1v) is 13.6. The second-order valence-corrected chi connectivity index (χ2v) is 13.6. The van der Waals surface area contributed by atoms with Gasteiger partial charge in [0.2, 0.25) is 0 Å². The molecule has 118 valence electrons. The Morgan fingerprint density at radius 3 is 1.55 bits per heavy atom. The molecule has 0 aliphatic heterocycles. The number of rotatable bonds is 8. The fraction of sp³-hybridized carbons (Fsp3) is 0.857. The van der Waals surface area contributed by atoms with E-state index in [1.54, 1.807) is 0 Å². The molecule has 0 atom stereocenters. The first kappa shape index (κ1) is 20.5. The summed E-state index contributed by atoms with van der Waals surface area (Å²) in [6.07, 6.45) is 0.618. The zero-order chi connectivity index (χ0) is 16.0. The minimum absolute atomic E-state index is 0.251. The summed E-state index contributed by atoms with van der Waals surface area (Å²) in [6, 6.07) is 0. The molecule has 0 rings (SSSR count). The molecule has 0 aliphatic carbocycles. The summed E-state index contributed by atoms with van der Waals surface area (Å²) in [6.45, 7) is 9.55. The van der Waals surface area contributed by atoms with Gasteiger partial charge < -0.3 is 0 Å². The molecule has 0 fully saturated rings. The number of carbonyl (C=O) groups is 2. The summed E-state index contributed by atoms with van der Waals surface area (Å²) in [5.74, 6) is -0.501. The summed E-state index contributed by atoms with van der Waals surface area (Å²) in [5.41, 5.74) is 0. The van der Waals surface area contributed by atoms with Crippen LogP contribution < -0.4 is 0 Å². The van der Waals surface area contributed by atoms with Crippen molar-refractivity contribution in [3.8, 4) is 0 Å². The summed E-state index contributed by atoms with van der Waals surface area (Å²) < 4.78 is 10.0. The molecule has 0 aromatic heterocycles. The summed E-state index contributed by atoms with van der Waals surface area (Å²) in [5, 5.41) is 0. The number of hydrogen-bond donors (Lipinski definition) is 0. The van der Waals surface area contributed by atoms with Crippen LogP contribution in [0, 0.1) is 0 Å². The molecule has 0 radical (unpaired) electrons. The Morgan fingerprint density at radius 1 is 0.950 bits per heavy atom. The number of hydrogen-bond acceptors (Lipinski definition) is 4. The quantitative estimate of drug-likeness (QED) is 0.285. The zero-order valence-corrected chi connectivity index (χ0v) is 18.1. The van der Waals surface area contributed by atoms with Crippen LogP contribution in [-0.2, 0) is 19.1 Å². The summed E-state index contributed by atoms with van der Waals surface area (Å²) in [7, 11) is 0. The molecule has 0 aromatic carbocycles. The van der Waals surface area contributed by atoms with E-state index in [0.717, 1.165) is 6.42 Å². The van der Waals surface area contributed by atoms with Gasteiger partial charge in [0.05, 0.1) is 0 Å². The predicted molar refractivity (Wildman–Crippen MR) is 82.2 cm³/mol. The van der Waals surface area contributed by atoms with E-state index in [1.165, 1.54) is 0 Å². The fourth-order valence-electron chi connectivity index (χ4n) is 1.07. The Kier molecular flexibility index (Phi) is 9.07. The molecule has 4 nitrogen and oxygen atoms in total. The van der Waals surface area contributed by atoms with Gasteiger partial charge in [-0.3, -0.25) is 0 Å². The molecule has 0 saturated heterocycles. The molecule has 0 heterocycles. The van der Waals surface area contributed by atoms with Crippen LogP contribution in [-0.4, -0.2) is 60.1 Å². The van der Waals surface area contributed by atoms with Crippen molar-refractivity contribution in [2.45, 2.75) is 70.6 Å². The van der Waals surface area contributed by atoms with Crippen molar-refractivity contribution in [1.82, 2.24) is 0 Å². The van der Waals surface area contributed by atoms with Crippen molar-refractivity contribution in [3.05, 3.63) is 0 Å². The molecule has 0 unspecified atom stereocenters. The molecule has 0 bridgehead atoms. The van der Waals surface area contributed by atoms with E-state index in [1.807, 2.05) is 34.6 Å². The van der Waals surface area contributed by atoms with Crippen molar-refractivity contribution in [1.29, 1.82) is 0 Å². The molecular formula is C14H26O4Te2. The maximum atomic E-state index is 12.1. The van der Waals surface area contributed by atoms with E-state index in [4.69, 9.17) is 9.47 Å². The standard InChI is InChI=1S/C14H26O4Te2/c1-8-9-10(17-11(15)13(2,3)19-6)18-12(16)14(4,5)20-7/h10H,8-9H2,1-7H3. The molecule has 0 aliphatic rings. The van der Waals surface area contributed by atoms with E-state index in [-0.39, 0.29) is 11.9 Å². The molecular weight excluding hydrogens is 487 g/mol. The second-order valence-electron chi connectivity index (χ2n) is 5.46. The van der Waals surface area contributed by atoms with Crippen molar-refractivity contribution in [2.75, 3.05) is 0 Å². The van der Waals surface area contributed by atoms with Crippen LogP contribution in [0.25, 0.3) is 0 Å². The fourth-order valence-corrected chi connectivity index (χ4v) is 2.29. The third-order valence-electron chi connectivity index (χ3n) is 3.01. The van der Waals surface area contributed by atoms with Gasteiger partial charge in [0, 0.05) is 0 Å². The van der Waals surface area contributed by atoms with Gasteiger partial charge in [0.1, 0.15) is 0 Å². The molecule has 0 aromatic rings. The average molecular weight is 514 g/mol. The van der Waals surface area contributed by atoms with Crippen molar-refractivity contribution in [2.24, 2.45) is 0 Å².